The Kier molecular flexibility index (Phi) is 9.47. The van der Waals surface area contributed by atoms with E-state index in [1.165, 1.54) is 0 Å². The van der Waals surface area contributed by atoms with Crippen molar-refractivity contribution in [3.05, 3.63) is 64.2 Å². The summed E-state index contributed by atoms with van der Waals surface area (Å²) < 4.78 is 5.49. The molecule has 0 radical (unpaired) electrons. The topological polar surface area (TPSA) is 87.7 Å². The molecule has 212 valence electrons. The van der Waals surface area contributed by atoms with E-state index >= 15 is 0 Å². The first-order valence-electron chi connectivity index (χ1n) is 13.9. The highest BCUT2D eigenvalue weighted by Crippen LogP contribution is 2.38. The number of rotatable bonds is 9. The maximum Gasteiger partial charge on any atom is 0.408 e. The maximum atomic E-state index is 14.3. The summed E-state index contributed by atoms with van der Waals surface area (Å²) in [7, 11) is 0. The van der Waals surface area contributed by atoms with Gasteiger partial charge < -0.3 is 20.3 Å². The summed E-state index contributed by atoms with van der Waals surface area (Å²) in [5, 5.41) is 5.97. The Morgan fingerprint density at radius 2 is 1.51 bits per heavy atom. The smallest absolute Gasteiger partial charge is 0.408 e. The predicted octanol–water partition coefficient (Wildman–Crippen LogP) is 6.53. The summed E-state index contributed by atoms with van der Waals surface area (Å²) in [6.07, 6.45) is 1.41. The quantitative estimate of drug-likeness (QED) is 0.382. The van der Waals surface area contributed by atoms with Crippen molar-refractivity contribution < 1.29 is 19.1 Å². The van der Waals surface area contributed by atoms with Gasteiger partial charge in [-0.3, -0.25) is 9.59 Å². The number of anilines is 1. The largest absolute Gasteiger partial charge is 0.444 e. The van der Waals surface area contributed by atoms with Gasteiger partial charge in [-0.05, 0) is 101 Å². The number of carbonyl (C=O) groups excluding carboxylic acids is 3. The zero-order valence-electron chi connectivity index (χ0n) is 25.0. The van der Waals surface area contributed by atoms with Crippen molar-refractivity contribution in [3.8, 4) is 0 Å². The van der Waals surface area contributed by atoms with Crippen molar-refractivity contribution in [2.24, 2.45) is 5.92 Å². The lowest BCUT2D eigenvalue weighted by molar-refractivity contribution is -0.141. The van der Waals surface area contributed by atoms with Crippen LogP contribution in [0.25, 0.3) is 0 Å². The SMILES string of the molecule is Cc1cccc(C(C(=O)Nc2c(C)cccc2C)N(C(=O)C(CC(C)C)NC(=O)OC(C)(C)C)C2CC2)c1C. The molecule has 2 aromatic rings. The van der Waals surface area contributed by atoms with Gasteiger partial charge in [-0.1, -0.05) is 50.2 Å². The minimum absolute atomic E-state index is 0.0822. The third kappa shape index (κ3) is 7.84. The number of ether oxygens (including phenoxy) is 1. The van der Waals surface area contributed by atoms with Gasteiger partial charge in [0, 0.05) is 11.7 Å². The number of benzene rings is 2. The van der Waals surface area contributed by atoms with Gasteiger partial charge in [0.05, 0.1) is 0 Å². The lowest BCUT2D eigenvalue weighted by atomic mass is 9.94. The van der Waals surface area contributed by atoms with E-state index in [1.54, 1.807) is 25.7 Å². The first-order valence-corrected chi connectivity index (χ1v) is 13.9. The van der Waals surface area contributed by atoms with E-state index in [0.29, 0.717) is 6.42 Å². The number of para-hydroxylation sites is 1. The van der Waals surface area contributed by atoms with E-state index in [9.17, 15) is 14.4 Å². The van der Waals surface area contributed by atoms with E-state index in [-0.39, 0.29) is 23.8 Å². The zero-order valence-corrected chi connectivity index (χ0v) is 25.0. The average Bonchev–Trinajstić information content (AvgIpc) is 3.64. The molecule has 0 aromatic heterocycles. The molecule has 0 saturated heterocycles. The van der Waals surface area contributed by atoms with Gasteiger partial charge in [0.2, 0.25) is 5.91 Å². The number of hydrogen-bond donors (Lipinski definition) is 2. The molecule has 7 heteroatoms. The second-order valence-electron chi connectivity index (χ2n) is 12.3. The fourth-order valence-corrected chi connectivity index (χ4v) is 4.88. The Labute approximate surface area is 233 Å². The Hall–Kier alpha value is -3.35. The van der Waals surface area contributed by atoms with Crippen LogP contribution in [0.15, 0.2) is 36.4 Å². The molecule has 0 heterocycles. The Morgan fingerprint density at radius 1 is 0.949 bits per heavy atom. The summed E-state index contributed by atoms with van der Waals surface area (Å²) in [6.45, 7) is 17.3. The molecule has 0 spiro atoms. The molecule has 1 aliphatic rings. The van der Waals surface area contributed by atoms with Crippen molar-refractivity contribution in [1.29, 1.82) is 0 Å². The molecule has 2 unspecified atom stereocenters. The van der Waals surface area contributed by atoms with Crippen LogP contribution in [0.2, 0.25) is 0 Å². The summed E-state index contributed by atoms with van der Waals surface area (Å²) in [5.74, 6) is -0.390. The number of hydrogen-bond acceptors (Lipinski definition) is 4. The first-order chi connectivity index (χ1) is 18.2. The van der Waals surface area contributed by atoms with E-state index < -0.39 is 23.8 Å². The van der Waals surface area contributed by atoms with Gasteiger partial charge in [-0.2, -0.15) is 0 Å². The number of nitrogens with zero attached hydrogens (tertiary/aromatic N) is 1. The van der Waals surface area contributed by atoms with Crippen LogP contribution >= 0.6 is 0 Å². The van der Waals surface area contributed by atoms with Crippen LogP contribution < -0.4 is 10.6 Å². The van der Waals surface area contributed by atoms with Gasteiger partial charge in [0.1, 0.15) is 17.7 Å². The minimum Gasteiger partial charge on any atom is -0.444 e. The standard InChI is InChI=1S/C32H45N3O4/c1-19(2)18-26(33-31(38)39-32(7,8)9)30(37)35(24-16-17-24)28(25-15-11-12-20(3)23(25)6)29(36)34-27-21(4)13-10-14-22(27)5/h10-15,19,24,26,28H,16-18H2,1-9H3,(H,33,38)(H,34,36). The van der Waals surface area contributed by atoms with Crippen molar-refractivity contribution in [3.63, 3.8) is 0 Å². The summed E-state index contributed by atoms with van der Waals surface area (Å²) in [5.41, 5.74) is 4.78. The molecular formula is C32H45N3O4. The van der Waals surface area contributed by atoms with Crippen LogP contribution in [0.1, 0.15) is 87.7 Å². The Bertz CT molecular complexity index is 1190. The predicted molar refractivity (Wildman–Crippen MR) is 156 cm³/mol. The molecular weight excluding hydrogens is 490 g/mol. The normalized spacial score (nSPS) is 14.9. The number of carbonyl (C=O) groups is 3. The molecule has 2 N–H and O–H groups in total. The molecule has 2 atom stereocenters. The molecule has 0 bridgehead atoms. The number of aryl methyl sites for hydroxylation is 3. The number of alkyl carbamates (subject to hydrolysis) is 1. The van der Waals surface area contributed by atoms with E-state index in [4.69, 9.17) is 4.74 Å². The van der Waals surface area contributed by atoms with Crippen LogP contribution in [0, 0.1) is 33.6 Å². The van der Waals surface area contributed by atoms with Crippen molar-refractivity contribution in [2.75, 3.05) is 5.32 Å². The van der Waals surface area contributed by atoms with Crippen LogP contribution in [-0.4, -0.2) is 40.5 Å². The average molecular weight is 536 g/mol. The molecule has 39 heavy (non-hydrogen) atoms. The second-order valence-corrected chi connectivity index (χ2v) is 12.3. The Balaban J connectivity index is 2.07. The molecule has 1 saturated carbocycles. The molecule has 1 aliphatic carbocycles. The first kappa shape index (κ1) is 30.2. The monoisotopic (exact) mass is 535 g/mol. The third-order valence-electron chi connectivity index (χ3n) is 7.09. The highest BCUT2D eigenvalue weighted by molar-refractivity contribution is 6.00. The van der Waals surface area contributed by atoms with Crippen LogP contribution in [0.4, 0.5) is 10.5 Å². The zero-order chi connectivity index (χ0) is 29.1. The van der Waals surface area contributed by atoms with Gasteiger partial charge >= 0.3 is 6.09 Å². The second kappa shape index (κ2) is 12.2. The Morgan fingerprint density at radius 3 is 2.05 bits per heavy atom. The number of amides is 3. The van der Waals surface area contributed by atoms with Crippen molar-refractivity contribution in [2.45, 2.75) is 105 Å². The highest BCUT2D eigenvalue weighted by Gasteiger charge is 2.44. The molecule has 7 nitrogen and oxygen atoms in total. The fraction of sp³-hybridized carbons (Fsp3) is 0.531. The highest BCUT2D eigenvalue weighted by atomic mass is 16.6. The van der Waals surface area contributed by atoms with Gasteiger partial charge in [-0.15, -0.1) is 0 Å². The van der Waals surface area contributed by atoms with E-state index in [0.717, 1.165) is 46.3 Å². The van der Waals surface area contributed by atoms with Crippen molar-refractivity contribution in [1.82, 2.24) is 10.2 Å². The van der Waals surface area contributed by atoms with Crippen molar-refractivity contribution >= 4 is 23.6 Å². The molecule has 0 aliphatic heterocycles. The lowest BCUT2D eigenvalue weighted by Gasteiger charge is -2.36. The molecule has 2 aromatic carbocycles. The fourth-order valence-electron chi connectivity index (χ4n) is 4.88. The number of nitrogens with one attached hydrogen (secondary N) is 2. The third-order valence-corrected chi connectivity index (χ3v) is 7.09. The van der Waals surface area contributed by atoms with Crippen LogP contribution in [0.5, 0.6) is 0 Å². The molecule has 3 rings (SSSR count). The maximum absolute atomic E-state index is 14.3. The van der Waals surface area contributed by atoms with Gasteiger partial charge in [-0.25, -0.2) is 4.79 Å². The van der Waals surface area contributed by atoms with E-state index in [1.807, 2.05) is 77.9 Å². The van der Waals surface area contributed by atoms with Gasteiger partial charge in [0.15, 0.2) is 0 Å². The lowest BCUT2D eigenvalue weighted by Crippen LogP contribution is -2.53. The summed E-state index contributed by atoms with van der Waals surface area (Å²) in [6, 6.07) is 10.00. The molecule has 1 fully saturated rings. The summed E-state index contributed by atoms with van der Waals surface area (Å²) >= 11 is 0. The minimum atomic E-state index is -0.848. The van der Waals surface area contributed by atoms with Crippen LogP contribution in [-0.2, 0) is 14.3 Å². The molecule has 3 amide bonds. The van der Waals surface area contributed by atoms with Crippen LogP contribution in [0.3, 0.4) is 0 Å². The van der Waals surface area contributed by atoms with Gasteiger partial charge in [0.25, 0.3) is 5.91 Å². The summed E-state index contributed by atoms with van der Waals surface area (Å²) in [4.78, 5) is 43.0. The van der Waals surface area contributed by atoms with E-state index in [2.05, 4.69) is 10.6 Å².